The quantitative estimate of drug-likeness (QED) is 0.639. The van der Waals surface area contributed by atoms with E-state index in [1.165, 1.54) is 23.4 Å². The number of nitrogens with one attached hydrogen (secondary N) is 1. The Labute approximate surface area is 160 Å². The number of fused-ring (bicyclic) bond motifs is 1. The van der Waals surface area contributed by atoms with E-state index in [4.69, 9.17) is 4.42 Å². The number of furan rings is 1. The molecule has 1 aliphatic rings. The van der Waals surface area contributed by atoms with Gasteiger partial charge in [0.05, 0.1) is 29.8 Å². The van der Waals surface area contributed by atoms with Crippen LogP contribution in [0.3, 0.4) is 0 Å². The van der Waals surface area contributed by atoms with Gasteiger partial charge in [-0.2, -0.15) is 0 Å². The number of β-amino-alcohol motifs (C(OH)–C–C–N with tert-alkyl or cyclic N) is 1. The van der Waals surface area contributed by atoms with Crippen LogP contribution in [0, 0.1) is 12.7 Å². The fourth-order valence-corrected chi connectivity index (χ4v) is 3.52. The Morgan fingerprint density at radius 3 is 3.00 bits per heavy atom. The molecule has 4 rings (SSSR count). The van der Waals surface area contributed by atoms with E-state index < -0.39 is 23.9 Å². The van der Waals surface area contributed by atoms with Crippen molar-refractivity contribution < 1.29 is 23.8 Å². The number of pyridine rings is 1. The topological polar surface area (TPSA) is 98.8 Å². The molecular weight excluding hydrogens is 365 g/mol. The molecule has 3 heterocycles. The van der Waals surface area contributed by atoms with Crippen LogP contribution < -0.4 is 5.32 Å². The van der Waals surface area contributed by atoms with E-state index in [9.17, 15) is 19.4 Å². The number of nitrogens with zero attached hydrogens (tertiary/aromatic N) is 2. The molecule has 1 amide bonds. The van der Waals surface area contributed by atoms with Gasteiger partial charge in [0.2, 0.25) is 5.76 Å². The zero-order chi connectivity index (χ0) is 19.8. The summed E-state index contributed by atoms with van der Waals surface area (Å²) in [6.45, 7) is 1.62. The predicted octanol–water partition coefficient (Wildman–Crippen LogP) is 2.59. The monoisotopic (exact) mass is 385 g/mol. The normalized spacial score (nSPS) is 19.4. The average molecular weight is 385 g/mol. The summed E-state index contributed by atoms with van der Waals surface area (Å²) in [5, 5.41) is 22.9. The van der Waals surface area contributed by atoms with Gasteiger partial charge in [0, 0.05) is 18.9 Å². The number of aromatic nitrogens is 1. The molecule has 7 nitrogen and oxygen atoms in total. The predicted molar refractivity (Wildman–Crippen MR) is 101 cm³/mol. The molecule has 1 fully saturated rings. The van der Waals surface area contributed by atoms with E-state index in [-0.39, 0.29) is 24.6 Å². The number of benzene rings is 1. The Hall–Kier alpha value is -2.97. The summed E-state index contributed by atoms with van der Waals surface area (Å²) in [5.74, 6) is -0.959. The molecule has 0 bridgehead atoms. The van der Waals surface area contributed by atoms with Gasteiger partial charge in [-0.25, -0.2) is 4.39 Å². The lowest BCUT2D eigenvalue weighted by Gasteiger charge is -2.22. The number of halogens is 1. The lowest BCUT2D eigenvalue weighted by Crippen LogP contribution is -2.38. The lowest BCUT2D eigenvalue weighted by atomic mass is 10.2. The first-order chi connectivity index (χ1) is 13.5. The summed E-state index contributed by atoms with van der Waals surface area (Å²) < 4.78 is 20.1. The van der Waals surface area contributed by atoms with Crippen molar-refractivity contribution in [3.63, 3.8) is 0 Å². The van der Waals surface area contributed by atoms with E-state index >= 15 is 0 Å². The molecule has 28 heavy (non-hydrogen) atoms. The van der Waals surface area contributed by atoms with Crippen LogP contribution in [0.2, 0.25) is 0 Å². The van der Waals surface area contributed by atoms with Gasteiger partial charge < -0.3 is 24.8 Å². The maximum Gasteiger partial charge on any atom is 0.292 e. The van der Waals surface area contributed by atoms with Crippen LogP contribution in [0.15, 0.2) is 41.1 Å². The van der Waals surface area contributed by atoms with Crippen LogP contribution in [0.25, 0.3) is 11.0 Å². The van der Waals surface area contributed by atoms with Gasteiger partial charge >= 0.3 is 0 Å². The number of aliphatic hydroxyl groups excluding tert-OH is 2. The van der Waals surface area contributed by atoms with E-state index in [1.807, 2.05) is 0 Å². The van der Waals surface area contributed by atoms with E-state index in [0.717, 1.165) is 5.56 Å². The Morgan fingerprint density at radius 2 is 2.25 bits per heavy atom. The number of rotatable bonds is 4. The zero-order valence-electron chi connectivity index (χ0n) is 15.2. The molecule has 2 unspecified atom stereocenters. The van der Waals surface area contributed by atoms with Crippen LogP contribution in [-0.2, 0) is 0 Å². The molecule has 2 aromatic heterocycles. The smallest absolute Gasteiger partial charge is 0.292 e. The van der Waals surface area contributed by atoms with Gasteiger partial charge in [-0.15, -0.1) is 0 Å². The fourth-order valence-electron chi connectivity index (χ4n) is 3.52. The van der Waals surface area contributed by atoms with Crippen molar-refractivity contribution in [3.05, 3.63) is 53.8 Å². The Bertz CT molecular complexity index is 1040. The summed E-state index contributed by atoms with van der Waals surface area (Å²) in [4.78, 5) is 18.6. The zero-order valence-corrected chi connectivity index (χ0v) is 15.2. The van der Waals surface area contributed by atoms with E-state index in [0.29, 0.717) is 23.1 Å². The maximum atomic E-state index is 14.4. The minimum absolute atomic E-state index is 0.0180. The standard InChI is InChI=1S/C20H20FN3O4/c1-11-2-3-16(15(21)6-11)23-18-14-8-22-5-4-17(14)28-19(18)20(27)24-9-13(26)7-12(24)10-25/h2-6,8,12-13,23,25-26H,7,9-10H2,1H3. The van der Waals surface area contributed by atoms with Crippen molar-refractivity contribution in [1.29, 1.82) is 0 Å². The van der Waals surface area contributed by atoms with Gasteiger partial charge in [0.15, 0.2) is 0 Å². The van der Waals surface area contributed by atoms with Crippen LogP contribution in [-0.4, -0.2) is 51.3 Å². The van der Waals surface area contributed by atoms with Crippen LogP contribution in [0.4, 0.5) is 15.8 Å². The van der Waals surface area contributed by atoms with Crippen LogP contribution >= 0.6 is 0 Å². The van der Waals surface area contributed by atoms with Crippen molar-refractivity contribution in [1.82, 2.24) is 9.88 Å². The maximum absolute atomic E-state index is 14.4. The van der Waals surface area contributed by atoms with Crippen LogP contribution in [0.5, 0.6) is 0 Å². The highest BCUT2D eigenvalue weighted by molar-refractivity contribution is 6.07. The minimum atomic E-state index is -0.710. The second-order valence-electron chi connectivity index (χ2n) is 6.97. The van der Waals surface area contributed by atoms with Gasteiger partial charge in [0.1, 0.15) is 17.1 Å². The average Bonchev–Trinajstić information content (AvgIpc) is 3.24. The summed E-state index contributed by atoms with van der Waals surface area (Å²) in [6.07, 6.45) is 2.65. The number of aryl methyl sites for hydroxylation is 1. The molecule has 0 spiro atoms. The van der Waals surface area contributed by atoms with Crippen molar-refractivity contribution in [3.8, 4) is 0 Å². The lowest BCUT2D eigenvalue weighted by molar-refractivity contribution is 0.0637. The molecule has 2 atom stereocenters. The second kappa shape index (κ2) is 7.21. The molecule has 1 aliphatic heterocycles. The van der Waals surface area contributed by atoms with Gasteiger partial charge in [0.25, 0.3) is 5.91 Å². The van der Waals surface area contributed by atoms with Gasteiger partial charge in [-0.05, 0) is 37.1 Å². The largest absolute Gasteiger partial charge is 0.448 e. The van der Waals surface area contributed by atoms with Crippen molar-refractivity contribution in [2.45, 2.75) is 25.5 Å². The molecule has 0 radical (unpaired) electrons. The molecule has 1 saturated heterocycles. The third-order valence-electron chi connectivity index (χ3n) is 4.93. The molecule has 0 saturated carbocycles. The Morgan fingerprint density at radius 1 is 1.43 bits per heavy atom. The number of amides is 1. The van der Waals surface area contributed by atoms with E-state index in [1.54, 1.807) is 25.1 Å². The highest BCUT2D eigenvalue weighted by Gasteiger charge is 2.37. The summed E-state index contributed by atoms with van der Waals surface area (Å²) in [7, 11) is 0. The molecule has 146 valence electrons. The van der Waals surface area contributed by atoms with Gasteiger partial charge in [-0.1, -0.05) is 6.07 Å². The molecular formula is C20H20FN3O4. The molecule has 3 N–H and O–H groups in total. The number of hydrogen-bond donors (Lipinski definition) is 3. The first-order valence-corrected chi connectivity index (χ1v) is 8.97. The number of anilines is 2. The SMILES string of the molecule is Cc1ccc(Nc2c(C(=O)N3CC(O)CC3CO)oc3ccncc23)c(F)c1. The summed E-state index contributed by atoms with van der Waals surface area (Å²) >= 11 is 0. The highest BCUT2D eigenvalue weighted by atomic mass is 19.1. The number of hydrogen-bond acceptors (Lipinski definition) is 6. The Balaban J connectivity index is 1.78. The van der Waals surface area contributed by atoms with Gasteiger partial charge in [-0.3, -0.25) is 9.78 Å². The number of likely N-dealkylation sites (tertiary alicyclic amines) is 1. The number of aliphatic hydroxyl groups is 2. The fraction of sp³-hybridized carbons (Fsp3) is 0.300. The van der Waals surface area contributed by atoms with E-state index in [2.05, 4.69) is 10.3 Å². The first-order valence-electron chi connectivity index (χ1n) is 8.97. The number of carbonyl (C=O) groups is 1. The molecule has 3 aromatic rings. The third-order valence-corrected chi connectivity index (χ3v) is 4.93. The second-order valence-corrected chi connectivity index (χ2v) is 6.97. The Kier molecular flexibility index (Phi) is 4.74. The minimum Gasteiger partial charge on any atom is -0.448 e. The van der Waals surface area contributed by atoms with Crippen LogP contribution in [0.1, 0.15) is 22.5 Å². The third kappa shape index (κ3) is 3.21. The van der Waals surface area contributed by atoms with Crippen molar-refractivity contribution in [2.75, 3.05) is 18.5 Å². The molecule has 8 heteroatoms. The molecule has 1 aromatic carbocycles. The summed E-state index contributed by atoms with van der Waals surface area (Å²) in [5.41, 5.74) is 1.70. The highest BCUT2D eigenvalue weighted by Crippen LogP contribution is 2.35. The first kappa shape index (κ1) is 18.4. The number of carbonyl (C=O) groups excluding carboxylic acids is 1. The summed E-state index contributed by atoms with van der Waals surface area (Å²) in [6, 6.07) is 5.85. The molecule has 0 aliphatic carbocycles. The van der Waals surface area contributed by atoms with Crippen molar-refractivity contribution in [2.24, 2.45) is 0 Å². The van der Waals surface area contributed by atoms with Crippen molar-refractivity contribution >= 4 is 28.3 Å².